The third-order valence-electron chi connectivity index (χ3n) is 6.63. The first-order valence-electron chi connectivity index (χ1n) is 12.5. The van der Waals surface area contributed by atoms with Crippen molar-refractivity contribution in [2.24, 2.45) is 0 Å². The highest BCUT2D eigenvalue weighted by Crippen LogP contribution is 2.18. The fourth-order valence-corrected chi connectivity index (χ4v) is 4.19. The SMILES string of the molecule is CC[C@H](C)NC(=O)[C@H](Cc1ccccc1)N(Cc1cccc(C)c1)C(=O)Cc1ccc(C)c(C)c1. The van der Waals surface area contributed by atoms with Crippen molar-refractivity contribution in [3.63, 3.8) is 0 Å². The third-order valence-corrected chi connectivity index (χ3v) is 6.63. The van der Waals surface area contributed by atoms with Gasteiger partial charge in [-0.05, 0) is 61.9 Å². The summed E-state index contributed by atoms with van der Waals surface area (Å²) in [4.78, 5) is 29.2. The minimum atomic E-state index is -0.606. The minimum absolute atomic E-state index is 0.0384. The Labute approximate surface area is 210 Å². The molecule has 0 aliphatic carbocycles. The zero-order chi connectivity index (χ0) is 25.4. The summed E-state index contributed by atoms with van der Waals surface area (Å²) in [7, 11) is 0. The maximum Gasteiger partial charge on any atom is 0.243 e. The normalized spacial score (nSPS) is 12.6. The Bertz CT molecular complexity index is 1140. The Morgan fingerprint density at radius 2 is 1.54 bits per heavy atom. The van der Waals surface area contributed by atoms with Crippen molar-refractivity contribution in [1.29, 1.82) is 0 Å². The molecule has 0 saturated carbocycles. The van der Waals surface area contributed by atoms with Crippen molar-refractivity contribution in [2.75, 3.05) is 0 Å². The van der Waals surface area contributed by atoms with E-state index in [4.69, 9.17) is 0 Å². The van der Waals surface area contributed by atoms with Crippen LogP contribution in [-0.4, -0.2) is 28.8 Å². The van der Waals surface area contributed by atoms with Crippen molar-refractivity contribution in [3.05, 3.63) is 106 Å². The number of hydrogen-bond donors (Lipinski definition) is 1. The predicted octanol–water partition coefficient (Wildman–Crippen LogP) is 5.71. The van der Waals surface area contributed by atoms with Crippen LogP contribution in [0, 0.1) is 20.8 Å². The number of aryl methyl sites for hydroxylation is 3. The van der Waals surface area contributed by atoms with Crippen LogP contribution in [0.3, 0.4) is 0 Å². The fourth-order valence-electron chi connectivity index (χ4n) is 4.19. The molecule has 0 aromatic heterocycles. The second kappa shape index (κ2) is 12.3. The number of benzene rings is 3. The van der Waals surface area contributed by atoms with Crippen molar-refractivity contribution in [2.45, 2.75) is 72.5 Å². The van der Waals surface area contributed by atoms with Crippen LogP contribution in [0.1, 0.15) is 53.6 Å². The monoisotopic (exact) mass is 470 g/mol. The Kier molecular flexibility index (Phi) is 9.25. The van der Waals surface area contributed by atoms with Gasteiger partial charge in [-0.2, -0.15) is 0 Å². The van der Waals surface area contributed by atoms with Gasteiger partial charge in [0, 0.05) is 19.0 Å². The van der Waals surface area contributed by atoms with Gasteiger partial charge >= 0.3 is 0 Å². The molecule has 0 aliphatic heterocycles. The molecule has 0 radical (unpaired) electrons. The molecule has 3 aromatic carbocycles. The molecule has 35 heavy (non-hydrogen) atoms. The average Bonchev–Trinajstić information content (AvgIpc) is 2.84. The molecule has 4 nitrogen and oxygen atoms in total. The quantitative estimate of drug-likeness (QED) is 0.413. The molecule has 184 valence electrons. The lowest BCUT2D eigenvalue weighted by Gasteiger charge is -2.32. The van der Waals surface area contributed by atoms with E-state index in [1.165, 1.54) is 5.56 Å². The van der Waals surface area contributed by atoms with Crippen LogP contribution >= 0.6 is 0 Å². The molecule has 1 N–H and O–H groups in total. The molecular weight excluding hydrogens is 432 g/mol. The lowest BCUT2D eigenvalue weighted by molar-refractivity contribution is -0.141. The number of carbonyl (C=O) groups is 2. The maximum atomic E-state index is 13.8. The van der Waals surface area contributed by atoms with Gasteiger partial charge in [0.05, 0.1) is 6.42 Å². The van der Waals surface area contributed by atoms with Crippen LogP contribution in [-0.2, 0) is 29.0 Å². The van der Waals surface area contributed by atoms with Gasteiger partial charge in [0.15, 0.2) is 0 Å². The van der Waals surface area contributed by atoms with Gasteiger partial charge in [-0.25, -0.2) is 0 Å². The maximum absolute atomic E-state index is 13.8. The average molecular weight is 471 g/mol. The van der Waals surface area contributed by atoms with Crippen molar-refractivity contribution in [3.8, 4) is 0 Å². The second-order valence-corrected chi connectivity index (χ2v) is 9.63. The highest BCUT2D eigenvalue weighted by Gasteiger charge is 2.31. The van der Waals surface area contributed by atoms with E-state index < -0.39 is 6.04 Å². The molecule has 0 bridgehead atoms. The highest BCUT2D eigenvalue weighted by molar-refractivity contribution is 5.89. The largest absolute Gasteiger partial charge is 0.352 e. The summed E-state index contributed by atoms with van der Waals surface area (Å²) < 4.78 is 0. The molecular formula is C31H38N2O2. The number of hydrogen-bond acceptors (Lipinski definition) is 2. The van der Waals surface area contributed by atoms with Crippen LogP contribution in [0.2, 0.25) is 0 Å². The summed E-state index contributed by atoms with van der Waals surface area (Å²) in [6.45, 7) is 10.6. The van der Waals surface area contributed by atoms with Crippen molar-refractivity contribution < 1.29 is 9.59 Å². The van der Waals surface area contributed by atoms with Gasteiger partial charge in [0.25, 0.3) is 0 Å². The Morgan fingerprint density at radius 3 is 2.20 bits per heavy atom. The van der Waals surface area contributed by atoms with Crippen LogP contribution < -0.4 is 5.32 Å². The zero-order valence-corrected chi connectivity index (χ0v) is 21.7. The predicted molar refractivity (Wildman–Crippen MR) is 143 cm³/mol. The number of nitrogens with zero attached hydrogens (tertiary/aromatic N) is 1. The van der Waals surface area contributed by atoms with Gasteiger partial charge in [-0.3, -0.25) is 9.59 Å². The Hall–Kier alpha value is -3.40. The smallest absolute Gasteiger partial charge is 0.243 e. The second-order valence-electron chi connectivity index (χ2n) is 9.63. The van der Waals surface area contributed by atoms with Crippen LogP contribution in [0.15, 0.2) is 72.8 Å². The van der Waals surface area contributed by atoms with Crippen LogP contribution in [0.4, 0.5) is 0 Å². The summed E-state index contributed by atoms with van der Waals surface area (Å²) >= 11 is 0. The van der Waals surface area contributed by atoms with E-state index in [1.807, 2.05) is 75.4 Å². The zero-order valence-electron chi connectivity index (χ0n) is 21.7. The van der Waals surface area contributed by atoms with E-state index in [1.54, 1.807) is 4.90 Å². The Balaban J connectivity index is 1.98. The molecule has 0 heterocycles. The number of nitrogens with one attached hydrogen (secondary N) is 1. The Morgan fingerprint density at radius 1 is 0.829 bits per heavy atom. The molecule has 0 fully saturated rings. The standard InChI is InChI=1S/C31H38N2O2/c1-6-25(5)32-31(35)29(19-26-12-8-7-9-13-26)33(21-28-14-10-11-22(2)17-28)30(34)20-27-16-15-23(3)24(4)18-27/h7-18,25,29H,6,19-21H2,1-5H3,(H,32,35)/t25-,29-/m0/s1. The number of carbonyl (C=O) groups excluding carboxylic acids is 2. The van der Waals surface area contributed by atoms with E-state index >= 15 is 0 Å². The fraction of sp³-hybridized carbons (Fsp3) is 0.355. The summed E-state index contributed by atoms with van der Waals surface area (Å²) in [5.41, 5.74) is 6.52. The molecule has 3 rings (SSSR count). The van der Waals surface area contributed by atoms with E-state index in [-0.39, 0.29) is 24.3 Å². The topological polar surface area (TPSA) is 49.4 Å². The van der Waals surface area contributed by atoms with Crippen molar-refractivity contribution in [1.82, 2.24) is 10.2 Å². The first-order chi connectivity index (χ1) is 16.8. The van der Waals surface area contributed by atoms with E-state index in [9.17, 15) is 9.59 Å². The van der Waals surface area contributed by atoms with E-state index in [0.717, 1.165) is 34.2 Å². The van der Waals surface area contributed by atoms with Gasteiger partial charge in [-0.1, -0.05) is 85.3 Å². The summed E-state index contributed by atoms with van der Waals surface area (Å²) in [6, 6.07) is 23.7. The highest BCUT2D eigenvalue weighted by atomic mass is 16.2. The summed E-state index contributed by atoms with van der Waals surface area (Å²) in [6.07, 6.45) is 1.56. The van der Waals surface area contributed by atoms with Gasteiger partial charge in [0.1, 0.15) is 6.04 Å². The first-order valence-corrected chi connectivity index (χ1v) is 12.5. The molecule has 2 atom stereocenters. The molecule has 0 aliphatic rings. The van der Waals surface area contributed by atoms with Gasteiger partial charge < -0.3 is 10.2 Å². The van der Waals surface area contributed by atoms with Gasteiger partial charge in [-0.15, -0.1) is 0 Å². The van der Waals surface area contributed by atoms with E-state index in [0.29, 0.717) is 13.0 Å². The molecule has 0 saturated heterocycles. The molecule has 4 heteroatoms. The molecule has 0 spiro atoms. The van der Waals surface area contributed by atoms with Crippen molar-refractivity contribution >= 4 is 11.8 Å². The first kappa shape index (κ1) is 26.2. The molecule has 0 unspecified atom stereocenters. The van der Waals surface area contributed by atoms with Gasteiger partial charge in [0.2, 0.25) is 11.8 Å². The lowest BCUT2D eigenvalue weighted by Crippen LogP contribution is -2.52. The number of rotatable bonds is 10. The molecule has 3 aromatic rings. The van der Waals surface area contributed by atoms with Crippen LogP contribution in [0.5, 0.6) is 0 Å². The van der Waals surface area contributed by atoms with E-state index in [2.05, 4.69) is 37.4 Å². The number of amides is 2. The minimum Gasteiger partial charge on any atom is -0.352 e. The molecule has 2 amide bonds. The summed E-state index contributed by atoms with van der Waals surface area (Å²) in [5, 5.41) is 3.13. The lowest BCUT2D eigenvalue weighted by atomic mass is 9.99. The van der Waals surface area contributed by atoms with Crippen LogP contribution in [0.25, 0.3) is 0 Å². The summed E-state index contributed by atoms with van der Waals surface area (Å²) in [5.74, 6) is -0.153. The third kappa shape index (κ3) is 7.54.